The summed E-state index contributed by atoms with van der Waals surface area (Å²) in [4.78, 5) is 16.3. The third kappa shape index (κ3) is 2.82. The maximum absolute atomic E-state index is 13.6. The molecule has 0 saturated carbocycles. The number of carbonyl (C=O) groups is 1. The monoisotopic (exact) mass is 281 g/mol. The number of nitrogens with two attached hydrogens (primary N) is 1. The molecule has 100 valence electrons. The number of carbonyl (C=O) groups excluding carboxylic acids is 1. The fourth-order valence-electron chi connectivity index (χ4n) is 1.53. The maximum Gasteiger partial charge on any atom is 0.267 e. The molecular weight excluding hydrogens is 269 g/mol. The minimum Gasteiger partial charge on any atom is -0.497 e. The molecule has 0 spiro atoms. The van der Waals surface area contributed by atoms with Gasteiger partial charge in [-0.3, -0.25) is 4.79 Å². The molecule has 7 heteroatoms. The number of ether oxygens (including phenoxy) is 1. The zero-order valence-corrected chi connectivity index (χ0v) is 11.2. The summed E-state index contributed by atoms with van der Waals surface area (Å²) < 4.78 is 18.6. The molecule has 0 fully saturated rings. The average Bonchev–Trinajstić information content (AvgIpc) is 2.71. The normalized spacial score (nSPS) is 10.3. The summed E-state index contributed by atoms with van der Waals surface area (Å²) in [5.74, 6) is -0.527. The SMILES string of the molecule is COc1ccc(F)c(NC(=O)c2sc(N)nc2C)c1. The highest BCUT2D eigenvalue weighted by Crippen LogP contribution is 2.24. The number of thiazole rings is 1. The van der Waals surface area contributed by atoms with Crippen LogP contribution in [0.15, 0.2) is 18.2 Å². The van der Waals surface area contributed by atoms with Crippen molar-refractivity contribution in [3.05, 3.63) is 34.6 Å². The Bertz CT molecular complexity index is 627. The van der Waals surface area contributed by atoms with Crippen molar-refractivity contribution in [2.45, 2.75) is 6.92 Å². The Morgan fingerprint density at radius 1 is 1.53 bits per heavy atom. The summed E-state index contributed by atoms with van der Waals surface area (Å²) >= 11 is 1.06. The van der Waals surface area contributed by atoms with Crippen molar-refractivity contribution < 1.29 is 13.9 Å². The van der Waals surface area contributed by atoms with Crippen LogP contribution in [0.4, 0.5) is 15.2 Å². The van der Waals surface area contributed by atoms with Gasteiger partial charge >= 0.3 is 0 Å². The number of methoxy groups -OCH3 is 1. The number of aromatic nitrogens is 1. The second-order valence-corrected chi connectivity index (χ2v) is 4.80. The largest absolute Gasteiger partial charge is 0.497 e. The van der Waals surface area contributed by atoms with E-state index in [2.05, 4.69) is 10.3 Å². The van der Waals surface area contributed by atoms with Crippen molar-refractivity contribution in [1.29, 1.82) is 0 Å². The number of benzene rings is 1. The van der Waals surface area contributed by atoms with E-state index in [0.717, 1.165) is 11.3 Å². The van der Waals surface area contributed by atoms with Gasteiger partial charge in [-0.2, -0.15) is 0 Å². The number of nitrogens with zero attached hydrogens (tertiary/aromatic N) is 1. The zero-order chi connectivity index (χ0) is 14.0. The number of rotatable bonds is 3. The van der Waals surface area contributed by atoms with E-state index >= 15 is 0 Å². The minimum atomic E-state index is -0.538. The molecule has 0 aliphatic heterocycles. The molecule has 5 nitrogen and oxygen atoms in total. The maximum atomic E-state index is 13.6. The van der Waals surface area contributed by atoms with Gasteiger partial charge in [-0.25, -0.2) is 9.37 Å². The van der Waals surface area contributed by atoms with Crippen molar-refractivity contribution in [3.63, 3.8) is 0 Å². The van der Waals surface area contributed by atoms with Crippen LogP contribution in [-0.4, -0.2) is 18.0 Å². The molecular formula is C12H12FN3O2S. The van der Waals surface area contributed by atoms with Gasteiger partial charge in [-0.15, -0.1) is 0 Å². The van der Waals surface area contributed by atoms with Crippen LogP contribution in [0.2, 0.25) is 0 Å². The van der Waals surface area contributed by atoms with Crippen LogP contribution in [0.3, 0.4) is 0 Å². The number of nitrogens with one attached hydrogen (secondary N) is 1. The van der Waals surface area contributed by atoms with Crippen molar-refractivity contribution in [2.75, 3.05) is 18.2 Å². The molecule has 0 bridgehead atoms. The predicted molar refractivity (Wildman–Crippen MR) is 72.2 cm³/mol. The van der Waals surface area contributed by atoms with E-state index < -0.39 is 11.7 Å². The van der Waals surface area contributed by atoms with E-state index in [1.165, 1.54) is 25.3 Å². The van der Waals surface area contributed by atoms with Crippen molar-refractivity contribution >= 4 is 28.1 Å². The number of anilines is 2. The molecule has 1 aromatic heterocycles. The molecule has 0 aliphatic carbocycles. The standard InChI is InChI=1S/C12H12FN3O2S/c1-6-10(19-12(14)15-6)11(17)16-9-5-7(18-2)3-4-8(9)13/h3-5H,1-2H3,(H2,14,15)(H,16,17). The Morgan fingerprint density at radius 3 is 2.84 bits per heavy atom. The van der Waals surface area contributed by atoms with E-state index in [4.69, 9.17) is 10.5 Å². The van der Waals surface area contributed by atoms with Gasteiger partial charge in [0.15, 0.2) is 5.13 Å². The second-order valence-electron chi connectivity index (χ2n) is 3.77. The number of aryl methyl sites for hydroxylation is 1. The summed E-state index contributed by atoms with van der Waals surface area (Å²) in [5, 5.41) is 2.78. The van der Waals surface area contributed by atoms with Crippen molar-refractivity contribution in [3.8, 4) is 5.75 Å². The fraction of sp³-hybridized carbons (Fsp3) is 0.167. The molecule has 1 heterocycles. The molecule has 0 unspecified atom stereocenters. The van der Waals surface area contributed by atoms with Gasteiger partial charge in [0, 0.05) is 6.07 Å². The quantitative estimate of drug-likeness (QED) is 0.905. The van der Waals surface area contributed by atoms with Gasteiger partial charge in [-0.1, -0.05) is 11.3 Å². The number of amides is 1. The highest BCUT2D eigenvalue weighted by Gasteiger charge is 2.16. The Morgan fingerprint density at radius 2 is 2.26 bits per heavy atom. The minimum absolute atomic E-state index is 0.0516. The second kappa shape index (κ2) is 5.23. The summed E-state index contributed by atoms with van der Waals surface area (Å²) in [6, 6.07) is 4.11. The van der Waals surface area contributed by atoms with E-state index in [-0.39, 0.29) is 5.69 Å². The van der Waals surface area contributed by atoms with Crippen LogP contribution >= 0.6 is 11.3 Å². The molecule has 3 N–H and O–H groups in total. The van der Waals surface area contributed by atoms with Gasteiger partial charge in [0.05, 0.1) is 18.5 Å². The van der Waals surface area contributed by atoms with Crippen LogP contribution in [0.1, 0.15) is 15.4 Å². The number of halogens is 1. The molecule has 1 amide bonds. The molecule has 1 aromatic carbocycles. The van der Waals surface area contributed by atoms with E-state index in [9.17, 15) is 9.18 Å². The highest BCUT2D eigenvalue weighted by atomic mass is 32.1. The molecule has 2 aromatic rings. The summed E-state index contributed by atoms with van der Waals surface area (Å²) in [7, 11) is 1.47. The summed E-state index contributed by atoms with van der Waals surface area (Å²) in [5.41, 5.74) is 6.09. The third-order valence-corrected chi connectivity index (χ3v) is 3.43. The Balaban J connectivity index is 2.26. The Labute approximate surface area is 113 Å². The van der Waals surface area contributed by atoms with Crippen molar-refractivity contribution in [1.82, 2.24) is 4.98 Å². The smallest absolute Gasteiger partial charge is 0.267 e. The molecule has 0 atom stereocenters. The van der Waals surface area contributed by atoms with Crippen LogP contribution in [0, 0.1) is 12.7 Å². The number of hydrogen-bond donors (Lipinski definition) is 2. The lowest BCUT2D eigenvalue weighted by atomic mass is 10.2. The van der Waals surface area contributed by atoms with E-state index in [0.29, 0.717) is 21.5 Å². The molecule has 0 aliphatic rings. The first kappa shape index (κ1) is 13.3. The summed E-state index contributed by atoms with van der Waals surface area (Å²) in [6.45, 7) is 1.67. The highest BCUT2D eigenvalue weighted by molar-refractivity contribution is 7.17. The van der Waals surface area contributed by atoms with Crippen LogP contribution in [-0.2, 0) is 0 Å². The van der Waals surface area contributed by atoms with Crippen LogP contribution in [0.5, 0.6) is 5.75 Å². The lowest BCUT2D eigenvalue weighted by Crippen LogP contribution is -2.12. The molecule has 0 saturated heterocycles. The van der Waals surface area contributed by atoms with Gasteiger partial charge in [0.1, 0.15) is 16.4 Å². The van der Waals surface area contributed by atoms with Gasteiger partial charge in [0.2, 0.25) is 0 Å². The fourth-order valence-corrected chi connectivity index (χ4v) is 2.26. The number of nitrogen functional groups attached to an aromatic ring is 1. The van der Waals surface area contributed by atoms with Crippen LogP contribution in [0.25, 0.3) is 0 Å². The first-order chi connectivity index (χ1) is 9.01. The van der Waals surface area contributed by atoms with Gasteiger partial charge in [-0.05, 0) is 19.1 Å². The van der Waals surface area contributed by atoms with Crippen molar-refractivity contribution in [2.24, 2.45) is 0 Å². The van der Waals surface area contributed by atoms with Gasteiger partial charge in [0.25, 0.3) is 5.91 Å². The predicted octanol–water partition coefficient (Wildman–Crippen LogP) is 2.43. The van der Waals surface area contributed by atoms with E-state index in [1.54, 1.807) is 6.92 Å². The van der Waals surface area contributed by atoms with E-state index in [1.807, 2.05) is 0 Å². The number of hydrogen-bond acceptors (Lipinski definition) is 5. The summed E-state index contributed by atoms with van der Waals surface area (Å²) in [6.07, 6.45) is 0. The average molecular weight is 281 g/mol. The lowest BCUT2D eigenvalue weighted by molar-refractivity contribution is 0.102. The lowest BCUT2D eigenvalue weighted by Gasteiger charge is -2.07. The Kier molecular flexibility index (Phi) is 3.66. The first-order valence-electron chi connectivity index (χ1n) is 5.39. The third-order valence-electron chi connectivity index (χ3n) is 2.44. The van der Waals surface area contributed by atoms with Gasteiger partial charge < -0.3 is 15.8 Å². The first-order valence-corrected chi connectivity index (χ1v) is 6.20. The van der Waals surface area contributed by atoms with Crippen LogP contribution < -0.4 is 15.8 Å². The topological polar surface area (TPSA) is 77.2 Å². The molecule has 0 radical (unpaired) electrons. The zero-order valence-electron chi connectivity index (χ0n) is 10.4. The molecule has 19 heavy (non-hydrogen) atoms. The molecule has 2 rings (SSSR count). The Hall–Kier alpha value is -2.15.